The van der Waals surface area contributed by atoms with Crippen LogP contribution < -0.4 is 9.47 Å². The van der Waals surface area contributed by atoms with Gasteiger partial charge < -0.3 is 18.8 Å². The van der Waals surface area contributed by atoms with Crippen molar-refractivity contribution in [3.63, 3.8) is 0 Å². The molecule has 0 saturated carbocycles. The molecule has 35 heavy (non-hydrogen) atoms. The molecule has 4 rings (SSSR count). The maximum atomic E-state index is 14.0. The molecule has 0 spiro atoms. The van der Waals surface area contributed by atoms with Gasteiger partial charge in [-0.1, -0.05) is 24.3 Å². The van der Waals surface area contributed by atoms with Crippen molar-refractivity contribution in [3.05, 3.63) is 78.1 Å². The zero-order chi connectivity index (χ0) is 24.5. The van der Waals surface area contributed by atoms with Gasteiger partial charge in [0.05, 0.1) is 6.61 Å². The number of nitrogens with zero attached hydrogens (tertiary/aromatic N) is 3. The number of imidazole rings is 1. The Labute approximate surface area is 207 Å². The summed E-state index contributed by atoms with van der Waals surface area (Å²) in [7, 11) is 1.73. The summed E-state index contributed by atoms with van der Waals surface area (Å²) in [6, 6.07) is 14.9. The summed E-state index contributed by atoms with van der Waals surface area (Å²) in [6.07, 6.45) is 7.48. The van der Waals surface area contributed by atoms with E-state index in [0.717, 1.165) is 63.4 Å². The molecule has 0 radical (unpaired) electrons. The average Bonchev–Trinajstić information content (AvgIpc) is 3.17. The third kappa shape index (κ3) is 7.05. The minimum absolute atomic E-state index is 0.280. The van der Waals surface area contributed by atoms with Crippen LogP contribution in [0.3, 0.4) is 0 Å². The number of benzene rings is 2. The van der Waals surface area contributed by atoms with E-state index < -0.39 is 5.60 Å². The Kier molecular flexibility index (Phi) is 8.77. The van der Waals surface area contributed by atoms with Gasteiger partial charge >= 0.3 is 0 Å². The lowest BCUT2D eigenvalue weighted by Crippen LogP contribution is -2.39. The molecule has 1 atom stereocenters. The van der Waals surface area contributed by atoms with Crippen LogP contribution in [-0.4, -0.2) is 53.5 Å². The minimum atomic E-state index is -0.407. The molecule has 7 heteroatoms. The molecular weight excluding hydrogens is 445 g/mol. The number of halogens is 1. The summed E-state index contributed by atoms with van der Waals surface area (Å²) >= 11 is 0. The van der Waals surface area contributed by atoms with Crippen LogP contribution in [0.5, 0.6) is 11.5 Å². The largest absolute Gasteiger partial charge is 0.494 e. The van der Waals surface area contributed by atoms with Gasteiger partial charge in [0.25, 0.3) is 0 Å². The number of rotatable bonds is 11. The topological polar surface area (TPSA) is 48.8 Å². The summed E-state index contributed by atoms with van der Waals surface area (Å²) in [5.41, 5.74) is 0.829. The van der Waals surface area contributed by atoms with Crippen molar-refractivity contribution in [1.29, 1.82) is 0 Å². The first-order chi connectivity index (χ1) is 17.1. The van der Waals surface area contributed by atoms with E-state index in [0.29, 0.717) is 13.2 Å². The monoisotopic (exact) mass is 481 g/mol. The van der Waals surface area contributed by atoms with E-state index in [1.54, 1.807) is 25.3 Å². The Morgan fingerprint density at radius 3 is 2.74 bits per heavy atom. The van der Waals surface area contributed by atoms with E-state index in [4.69, 9.17) is 14.2 Å². The lowest BCUT2D eigenvalue weighted by atomic mass is 9.95. The van der Waals surface area contributed by atoms with E-state index in [-0.39, 0.29) is 11.6 Å². The fraction of sp³-hybridized carbons (Fsp3) is 0.464. The molecule has 1 fully saturated rings. The molecule has 1 aromatic heterocycles. The first kappa shape index (κ1) is 25.2. The minimum Gasteiger partial charge on any atom is -0.494 e. The Morgan fingerprint density at radius 1 is 1.06 bits per heavy atom. The standard InChI is InChI=1S/C28H36FN3O3/c1-23-30-14-18-32(23)16-7-19-34-25-9-5-8-24(20-25)21-31-15-6-12-28(33-2,13-17-31)22-35-27-11-4-3-10-26(27)29/h3-5,8-11,14,18,20H,6-7,12-13,15-17,19,21-22H2,1-2H3/t28-/m0/s1. The predicted molar refractivity (Wildman–Crippen MR) is 134 cm³/mol. The highest BCUT2D eigenvalue weighted by molar-refractivity contribution is 5.28. The molecule has 3 aromatic rings. The fourth-order valence-electron chi connectivity index (χ4n) is 4.62. The maximum absolute atomic E-state index is 14.0. The highest BCUT2D eigenvalue weighted by Crippen LogP contribution is 2.29. The van der Waals surface area contributed by atoms with Crippen molar-refractivity contribution in [1.82, 2.24) is 14.5 Å². The van der Waals surface area contributed by atoms with E-state index in [9.17, 15) is 4.39 Å². The van der Waals surface area contributed by atoms with E-state index in [2.05, 4.69) is 32.7 Å². The highest BCUT2D eigenvalue weighted by Gasteiger charge is 2.34. The summed E-state index contributed by atoms with van der Waals surface area (Å²) in [5.74, 6) is 1.87. The van der Waals surface area contributed by atoms with Gasteiger partial charge in [0.15, 0.2) is 11.6 Å². The van der Waals surface area contributed by atoms with Gasteiger partial charge in [0.2, 0.25) is 0 Å². The van der Waals surface area contributed by atoms with Gasteiger partial charge in [-0.3, -0.25) is 4.90 Å². The van der Waals surface area contributed by atoms with Crippen LogP contribution in [0.1, 0.15) is 37.1 Å². The van der Waals surface area contributed by atoms with Crippen molar-refractivity contribution in [2.75, 3.05) is 33.4 Å². The van der Waals surface area contributed by atoms with Crippen LogP contribution in [0, 0.1) is 12.7 Å². The molecule has 6 nitrogen and oxygen atoms in total. The van der Waals surface area contributed by atoms with E-state index >= 15 is 0 Å². The predicted octanol–water partition coefficient (Wildman–Crippen LogP) is 5.25. The molecule has 2 aromatic carbocycles. The summed E-state index contributed by atoms with van der Waals surface area (Å²) in [6.45, 7) is 6.67. The van der Waals surface area contributed by atoms with Crippen LogP contribution in [0.25, 0.3) is 0 Å². The zero-order valence-electron chi connectivity index (χ0n) is 20.8. The molecule has 0 amide bonds. The molecule has 1 saturated heterocycles. The number of hydrogen-bond acceptors (Lipinski definition) is 5. The number of likely N-dealkylation sites (tertiary alicyclic amines) is 1. The SMILES string of the molecule is CO[C@@]1(COc2ccccc2F)CCCN(Cc2cccc(OCCCn3ccnc3C)c2)CC1. The van der Waals surface area contributed by atoms with Crippen molar-refractivity contribution in [2.45, 2.75) is 51.3 Å². The molecule has 0 aliphatic carbocycles. The molecule has 0 unspecified atom stereocenters. The second-order valence-electron chi connectivity index (χ2n) is 9.25. The Hall–Kier alpha value is -2.90. The molecule has 1 aliphatic rings. The number of hydrogen-bond donors (Lipinski definition) is 0. The summed E-state index contributed by atoms with van der Waals surface area (Å²) in [5, 5.41) is 0. The van der Waals surface area contributed by atoms with Crippen molar-refractivity contribution in [3.8, 4) is 11.5 Å². The molecule has 0 bridgehead atoms. The van der Waals surface area contributed by atoms with E-state index in [1.165, 1.54) is 11.6 Å². The van der Waals surface area contributed by atoms with Crippen LogP contribution >= 0.6 is 0 Å². The maximum Gasteiger partial charge on any atom is 0.165 e. The highest BCUT2D eigenvalue weighted by atomic mass is 19.1. The first-order valence-electron chi connectivity index (χ1n) is 12.4. The van der Waals surface area contributed by atoms with Gasteiger partial charge in [-0.15, -0.1) is 0 Å². The lowest BCUT2D eigenvalue weighted by molar-refractivity contribution is -0.0548. The number of para-hydroxylation sites is 1. The summed E-state index contributed by atoms with van der Waals surface area (Å²) < 4.78 is 33.9. The fourth-order valence-corrected chi connectivity index (χ4v) is 4.62. The third-order valence-electron chi connectivity index (χ3n) is 6.79. The van der Waals surface area contributed by atoms with Gasteiger partial charge in [-0.2, -0.15) is 0 Å². The average molecular weight is 482 g/mol. The van der Waals surface area contributed by atoms with Gasteiger partial charge in [-0.25, -0.2) is 9.37 Å². The molecule has 1 aliphatic heterocycles. The van der Waals surface area contributed by atoms with E-state index in [1.807, 2.05) is 25.4 Å². The zero-order valence-corrected chi connectivity index (χ0v) is 20.8. The van der Waals surface area contributed by atoms with Crippen LogP contribution in [0.15, 0.2) is 60.9 Å². The third-order valence-corrected chi connectivity index (χ3v) is 6.79. The number of aryl methyl sites for hydroxylation is 2. The van der Waals surface area contributed by atoms with Crippen LogP contribution in [0.2, 0.25) is 0 Å². The second kappa shape index (κ2) is 12.2. The number of methoxy groups -OCH3 is 1. The number of ether oxygens (including phenoxy) is 3. The van der Waals surface area contributed by atoms with Crippen LogP contribution in [0.4, 0.5) is 4.39 Å². The van der Waals surface area contributed by atoms with Gasteiger partial charge in [-0.05, 0) is 69.0 Å². The quantitative estimate of drug-likeness (QED) is 0.350. The molecule has 0 N–H and O–H groups in total. The normalized spacial score (nSPS) is 18.8. The molecule has 2 heterocycles. The Bertz CT molecular complexity index is 1070. The first-order valence-corrected chi connectivity index (χ1v) is 12.4. The lowest BCUT2D eigenvalue weighted by Gasteiger charge is -2.31. The molecule has 188 valence electrons. The smallest absolute Gasteiger partial charge is 0.165 e. The van der Waals surface area contributed by atoms with Crippen molar-refractivity contribution in [2.24, 2.45) is 0 Å². The van der Waals surface area contributed by atoms with Gasteiger partial charge in [0, 0.05) is 39.1 Å². The Balaban J connectivity index is 1.26. The van der Waals surface area contributed by atoms with Gasteiger partial charge in [0.1, 0.15) is 23.8 Å². The van der Waals surface area contributed by atoms with Crippen molar-refractivity contribution >= 4 is 0 Å². The summed E-state index contributed by atoms with van der Waals surface area (Å²) in [4.78, 5) is 6.71. The van der Waals surface area contributed by atoms with Crippen molar-refractivity contribution < 1.29 is 18.6 Å². The second-order valence-corrected chi connectivity index (χ2v) is 9.25. The van der Waals surface area contributed by atoms with Crippen LogP contribution in [-0.2, 0) is 17.8 Å². The number of aromatic nitrogens is 2. The molecular formula is C28H36FN3O3. The Morgan fingerprint density at radius 2 is 1.94 bits per heavy atom.